The summed E-state index contributed by atoms with van der Waals surface area (Å²) in [6.07, 6.45) is 3.70. The number of aliphatic hydroxyl groups is 1. The zero-order valence-corrected chi connectivity index (χ0v) is 13.4. The number of nitrogens with one attached hydrogen (secondary N) is 1. The Labute approximate surface area is 127 Å². The van der Waals surface area contributed by atoms with E-state index in [1.807, 2.05) is 13.8 Å². The molecule has 1 aromatic carbocycles. The van der Waals surface area contributed by atoms with E-state index in [1.165, 1.54) is 6.07 Å². The molecule has 1 aromatic rings. The molecule has 0 fully saturated rings. The minimum atomic E-state index is -0.314. The molecule has 0 radical (unpaired) electrons. The van der Waals surface area contributed by atoms with Gasteiger partial charge in [-0.15, -0.1) is 0 Å². The average Bonchev–Trinajstić information content (AvgIpc) is 2.48. The van der Waals surface area contributed by atoms with Gasteiger partial charge >= 0.3 is 0 Å². The summed E-state index contributed by atoms with van der Waals surface area (Å²) in [6.45, 7) is 7.58. The minimum absolute atomic E-state index is 0.125. The van der Waals surface area contributed by atoms with Crippen molar-refractivity contribution < 1.29 is 14.2 Å². The van der Waals surface area contributed by atoms with E-state index in [2.05, 4.69) is 12.2 Å². The van der Waals surface area contributed by atoms with Crippen molar-refractivity contribution >= 4 is 0 Å². The van der Waals surface area contributed by atoms with Crippen molar-refractivity contribution in [1.82, 2.24) is 5.32 Å². The van der Waals surface area contributed by atoms with Crippen molar-refractivity contribution in [3.8, 4) is 5.75 Å². The van der Waals surface area contributed by atoms with Crippen LogP contribution in [-0.4, -0.2) is 30.4 Å². The van der Waals surface area contributed by atoms with Gasteiger partial charge in [-0.25, -0.2) is 4.39 Å². The minimum Gasteiger partial charge on any atom is -0.491 e. The lowest BCUT2D eigenvalue weighted by Gasteiger charge is -2.28. The highest BCUT2D eigenvalue weighted by molar-refractivity contribution is 5.29. The Morgan fingerprint density at radius 2 is 2.10 bits per heavy atom. The molecule has 0 heterocycles. The van der Waals surface area contributed by atoms with Gasteiger partial charge in [-0.1, -0.05) is 13.0 Å². The second kappa shape index (κ2) is 9.00. The molecule has 0 spiro atoms. The predicted molar refractivity (Wildman–Crippen MR) is 84.3 cm³/mol. The van der Waals surface area contributed by atoms with E-state index in [4.69, 9.17) is 4.74 Å². The van der Waals surface area contributed by atoms with Crippen molar-refractivity contribution in [2.75, 3.05) is 19.8 Å². The van der Waals surface area contributed by atoms with Gasteiger partial charge in [0.2, 0.25) is 0 Å². The number of halogens is 1. The summed E-state index contributed by atoms with van der Waals surface area (Å²) in [6, 6.07) is 4.88. The Bertz CT molecular complexity index is 425. The SMILES string of the molecule is CCCNC(C)(CO)CCCCOc1cc(C)ccc1F. The van der Waals surface area contributed by atoms with Crippen LogP contribution in [0.4, 0.5) is 4.39 Å². The largest absolute Gasteiger partial charge is 0.491 e. The van der Waals surface area contributed by atoms with Gasteiger partial charge in [0.25, 0.3) is 0 Å². The van der Waals surface area contributed by atoms with E-state index in [-0.39, 0.29) is 18.0 Å². The molecule has 0 aliphatic heterocycles. The first kappa shape index (κ1) is 17.9. The van der Waals surface area contributed by atoms with E-state index in [1.54, 1.807) is 12.1 Å². The van der Waals surface area contributed by atoms with E-state index in [0.717, 1.165) is 37.8 Å². The fourth-order valence-electron chi connectivity index (χ4n) is 2.17. The van der Waals surface area contributed by atoms with E-state index in [9.17, 15) is 9.50 Å². The lowest BCUT2D eigenvalue weighted by atomic mass is 9.95. The molecule has 0 amide bonds. The first-order valence-electron chi connectivity index (χ1n) is 7.75. The molecule has 0 aliphatic carbocycles. The van der Waals surface area contributed by atoms with Crippen LogP contribution in [0, 0.1) is 12.7 Å². The second-order valence-corrected chi connectivity index (χ2v) is 5.88. The number of hydrogen-bond donors (Lipinski definition) is 2. The van der Waals surface area contributed by atoms with Gasteiger partial charge in [-0.3, -0.25) is 0 Å². The van der Waals surface area contributed by atoms with Crippen molar-refractivity contribution in [2.45, 2.75) is 52.0 Å². The van der Waals surface area contributed by atoms with Crippen LogP contribution in [0.15, 0.2) is 18.2 Å². The van der Waals surface area contributed by atoms with Crippen LogP contribution in [0.2, 0.25) is 0 Å². The Morgan fingerprint density at radius 1 is 1.33 bits per heavy atom. The molecule has 1 atom stereocenters. The summed E-state index contributed by atoms with van der Waals surface area (Å²) in [5.41, 5.74) is 0.757. The van der Waals surface area contributed by atoms with Gasteiger partial charge in [-0.2, -0.15) is 0 Å². The highest BCUT2D eigenvalue weighted by atomic mass is 19.1. The van der Waals surface area contributed by atoms with Crippen LogP contribution in [-0.2, 0) is 0 Å². The normalized spacial score (nSPS) is 14.0. The molecule has 0 saturated carbocycles. The lowest BCUT2D eigenvalue weighted by molar-refractivity contribution is 0.160. The molecule has 120 valence electrons. The maximum atomic E-state index is 13.5. The number of hydrogen-bond acceptors (Lipinski definition) is 3. The third-order valence-corrected chi connectivity index (χ3v) is 3.62. The van der Waals surface area contributed by atoms with Crippen LogP contribution < -0.4 is 10.1 Å². The van der Waals surface area contributed by atoms with Crippen molar-refractivity contribution in [1.29, 1.82) is 0 Å². The highest BCUT2D eigenvalue weighted by Gasteiger charge is 2.21. The molecular formula is C17H28FNO2. The summed E-state index contributed by atoms with van der Waals surface area (Å²) in [4.78, 5) is 0. The van der Waals surface area contributed by atoms with Crippen molar-refractivity contribution in [3.63, 3.8) is 0 Å². The van der Waals surface area contributed by atoms with Gasteiger partial charge in [0.05, 0.1) is 13.2 Å². The summed E-state index contributed by atoms with van der Waals surface area (Å²) in [5.74, 6) is 0.00874. The number of rotatable bonds is 10. The third-order valence-electron chi connectivity index (χ3n) is 3.62. The fraction of sp³-hybridized carbons (Fsp3) is 0.647. The topological polar surface area (TPSA) is 41.5 Å². The summed E-state index contributed by atoms with van der Waals surface area (Å²) < 4.78 is 19.0. The molecule has 0 bridgehead atoms. The quantitative estimate of drug-likeness (QED) is 0.650. The first-order valence-corrected chi connectivity index (χ1v) is 7.75. The van der Waals surface area contributed by atoms with Crippen molar-refractivity contribution in [3.05, 3.63) is 29.6 Å². The zero-order valence-electron chi connectivity index (χ0n) is 13.4. The van der Waals surface area contributed by atoms with Crippen LogP contribution >= 0.6 is 0 Å². The molecular weight excluding hydrogens is 269 g/mol. The number of unbranched alkanes of at least 4 members (excludes halogenated alkanes) is 1. The maximum absolute atomic E-state index is 13.5. The fourth-order valence-corrected chi connectivity index (χ4v) is 2.17. The lowest BCUT2D eigenvalue weighted by Crippen LogP contribution is -2.46. The van der Waals surface area contributed by atoms with Crippen molar-refractivity contribution in [2.24, 2.45) is 0 Å². The molecule has 0 aliphatic rings. The molecule has 4 heteroatoms. The summed E-state index contributed by atoms with van der Waals surface area (Å²) in [5, 5.41) is 12.8. The Hall–Kier alpha value is -1.13. The molecule has 2 N–H and O–H groups in total. The second-order valence-electron chi connectivity index (χ2n) is 5.88. The van der Waals surface area contributed by atoms with Gasteiger partial charge in [-0.05, 0) is 63.8 Å². The van der Waals surface area contributed by atoms with E-state index < -0.39 is 0 Å². The number of ether oxygens (including phenoxy) is 1. The maximum Gasteiger partial charge on any atom is 0.165 e. The third kappa shape index (κ3) is 6.44. The van der Waals surface area contributed by atoms with Crippen LogP contribution in [0.3, 0.4) is 0 Å². The first-order chi connectivity index (χ1) is 10.0. The van der Waals surface area contributed by atoms with E-state index in [0.29, 0.717) is 12.4 Å². The summed E-state index contributed by atoms with van der Waals surface area (Å²) >= 11 is 0. The van der Waals surface area contributed by atoms with Crippen LogP contribution in [0.1, 0.15) is 45.1 Å². The van der Waals surface area contributed by atoms with Gasteiger partial charge in [0.1, 0.15) is 0 Å². The Morgan fingerprint density at radius 3 is 2.76 bits per heavy atom. The molecule has 0 saturated heterocycles. The van der Waals surface area contributed by atoms with Crippen LogP contribution in [0.5, 0.6) is 5.75 Å². The molecule has 0 aromatic heterocycles. The van der Waals surface area contributed by atoms with E-state index >= 15 is 0 Å². The average molecular weight is 297 g/mol. The Kier molecular flexibility index (Phi) is 7.68. The van der Waals surface area contributed by atoms with Crippen LogP contribution in [0.25, 0.3) is 0 Å². The van der Waals surface area contributed by atoms with Gasteiger partial charge in [0, 0.05) is 5.54 Å². The zero-order chi connectivity index (χ0) is 15.7. The van der Waals surface area contributed by atoms with Gasteiger partial charge in [0.15, 0.2) is 11.6 Å². The van der Waals surface area contributed by atoms with Gasteiger partial charge < -0.3 is 15.2 Å². The number of benzene rings is 1. The summed E-state index contributed by atoms with van der Waals surface area (Å²) in [7, 11) is 0. The Balaban J connectivity index is 2.29. The highest BCUT2D eigenvalue weighted by Crippen LogP contribution is 2.19. The number of aryl methyl sites for hydroxylation is 1. The molecule has 3 nitrogen and oxygen atoms in total. The molecule has 1 rings (SSSR count). The monoisotopic (exact) mass is 297 g/mol. The number of aliphatic hydroxyl groups excluding tert-OH is 1. The predicted octanol–water partition coefficient (Wildman–Crippen LogP) is 3.43. The smallest absolute Gasteiger partial charge is 0.165 e. The molecule has 1 unspecified atom stereocenters. The molecule has 21 heavy (non-hydrogen) atoms. The standard InChI is InChI=1S/C17H28FNO2/c1-4-10-19-17(3,13-20)9-5-6-11-21-16-12-14(2)7-8-15(16)18/h7-8,12,19-20H,4-6,9-11,13H2,1-3H3.